The molecular weight excluding hydrogens is 428 g/mol. The molecule has 0 saturated heterocycles. The molecule has 0 atom stereocenters. The third kappa shape index (κ3) is 8.94. The number of nitrogens with one attached hydrogen (secondary N) is 2. The Morgan fingerprint density at radius 1 is 0.727 bits per heavy atom. The van der Waals surface area contributed by atoms with Gasteiger partial charge in [0.2, 0.25) is 5.91 Å². The summed E-state index contributed by atoms with van der Waals surface area (Å²) in [5.41, 5.74) is 1.91. The number of rotatable bonds is 11. The Bertz CT molecular complexity index is 998. The predicted octanol–water partition coefficient (Wildman–Crippen LogP) is 3.36. The average Bonchev–Trinajstić information content (AvgIpc) is 2.78. The van der Waals surface area contributed by atoms with Crippen molar-refractivity contribution in [3.63, 3.8) is 0 Å². The van der Waals surface area contributed by atoms with E-state index in [4.69, 9.17) is 9.47 Å². The molecule has 0 heterocycles. The number of hydrogen-bond acceptors (Lipinski definition) is 7. The van der Waals surface area contributed by atoms with Crippen molar-refractivity contribution in [1.82, 2.24) is 0 Å². The highest BCUT2D eigenvalue weighted by atomic mass is 16.5. The van der Waals surface area contributed by atoms with Crippen molar-refractivity contribution in [2.75, 3.05) is 23.8 Å². The summed E-state index contributed by atoms with van der Waals surface area (Å²) in [7, 11) is 0. The van der Waals surface area contributed by atoms with Crippen LogP contribution in [0.2, 0.25) is 0 Å². The van der Waals surface area contributed by atoms with E-state index in [1.165, 1.54) is 6.92 Å². The van der Waals surface area contributed by atoms with Crippen LogP contribution in [0.5, 0.6) is 0 Å². The molecule has 2 aromatic carbocycles. The normalized spacial score (nSPS) is 10.1. The molecule has 2 rings (SSSR count). The van der Waals surface area contributed by atoms with Crippen LogP contribution in [0.3, 0.4) is 0 Å². The number of ketones is 1. The van der Waals surface area contributed by atoms with Gasteiger partial charge in [0.05, 0.1) is 12.2 Å². The van der Waals surface area contributed by atoms with Gasteiger partial charge >= 0.3 is 11.9 Å². The Labute approximate surface area is 191 Å². The molecule has 0 saturated carbocycles. The second-order valence-corrected chi connectivity index (χ2v) is 7.04. The lowest BCUT2D eigenvalue weighted by Gasteiger charge is -2.08. The van der Waals surface area contributed by atoms with E-state index in [0.717, 1.165) is 0 Å². The van der Waals surface area contributed by atoms with Crippen LogP contribution in [-0.4, -0.2) is 42.7 Å². The first-order valence-electron chi connectivity index (χ1n) is 10.4. The fourth-order valence-electron chi connectivity index (χ4n) is 2.72. The van der Waals surface area contributed by atoms with Crippen LogP contribution in [0.4, 0.5) is 11.4 Å². The summed E-state index contributed by atoms with van der Waals surface area (Å²) >= 11 is 0. The Morgan fingerprint density at radius 2 is 1.27 bits per heavy atom. The van der Waals surface area contributed by atoms with Gasteiger partial charge in [0.1, 0.15) is 0 Å². The van der Waals surface area contributed by atoms with Crippen molar-refractivity contribution in [2.45, 2.75) is 33.1 Å². The maximum absolute atomic E-state index is 12.0. The third-order valence-electron chi connectivity index (χ3n) is 4.40. The molecular formula is C24H26N2O7. The molecule has 0 aliphatic heterocycles. The van der Waals surface area contributed by atoms with Crippen molar-refractivity contribution in [3.05, 3.63) is 59.7 Å². The van der Waals surface area contributed by atoms with Gasteiger partial charge in [-0.1, -0.05) is 0 Å². The molecule has 2 N–H and O–H groups in total. The second kappa shape index (κ2) is 12.7. The summed E-state index contributed by atoms with van der Waals surface area (Å²) in [6, 6.07) is 12.6. The van der Waals surface area contributed by atoms with E-state index in [9.17, 15) is 24.0 Å². The molecule has 9 nitrogen and oxygen atoms in total. The highest BCUT2D eigenvalue weighted by molar-refractivity contribution is 5.96. The van der Waals surface area contributed by atoms with Crippen LogP contribution in [0.15, 0.2) is 48.5 Å². The Hall–Kier alpha value is -4.01. The highest BCUT2D eigenvalue weighted by Gasteiger charge is 2.11. The van der Waals surface area contributed by atoms with Gasteiger partial charge in [-0.3, -0.25) is 19.2 Å². The van der Waals surface area contributed by atoms with Crippen LogP contribution in [-0.2, 0) is 23.9 Å². The van der Waals surface area contributed by atoms with E-state index in [1.54, 1.807) is 55.5 Å². The molecule has 9 heteroatoms. The first-order valence-corrected chi connectivity index (χ1v) is 10.4. The fraction of sp³-hybridized carbons (Fsp3) is 0.292. The zero-order valence-electron chi connectivity index (χ0n) is 18.5. The van der Waals surface area contributed by atoms with Gasteiger partial charge in [-0.2, -0.15) is 0 Å². The molecule has 0 aliphatic carbocycles. The van der Waals surface area contributed by atoms with Gasteiger partial charge in [-0.25, -0.2) is 4.79 Å². The number of ether oxygens (including phenoxy) is 2. The van der Waals surface area contributed by atoms with Gasteiger partial charge in [0.15, 0.2) is 12.4 Å². The summed E-state index contributed by atoms with van der Waals surface area (Å²) in [5, 5.41) is 5.24. The summed E-state index contributed by atoms with van der Waals surface area (Å²) in [5.74, 6) is -1.92. The van der Waals surface area contributed by atoms with Crippen molar-refractivity contribution in [1.29, 1.82) is 0 Å². The van der Waals surface area contributed by atoms with E-state index >= 15 is 0 Å². The molecule has 0 aliphatic rings. The van der Waals surface area contributed by atoms with E-state index < -0.39 is 24.5 Å². The molecule has 0 aromatic heterocycles. The van der Waals surface area contributed by atoms with Gasteiger partial charge in [0.25, 0.3) is 5.91 Å². The third-order valence-corrected chi connectivity index (χ3v) is 4.40. The number of amides is 2. The van der Waals surface area contributed by atoms with E-state index in [2.05, 4.69) is 10.6 Å². The first-order chi connectivity index (χ1) is 15.8. The Morgan fingerprint density at radius 3 is 1.82 bits per heavy atom. The molecule has 0 bridgehead atoms. The van der Waals surface area contributed by atoms with Crippen molar-refractivity contribution < 1.29 is 33.4 Å². The van der Waals surface area contributed by atoms with Gasteiger partial charge in [0, 0.05) is 29.8 Å². The van der Waals surface area contributed by atoms with Gasteiger partial charge in [-0.05, 0) is 68.8 Å². The van der Waals surface area contributed by atoms with Gasteiger partial charge in [-0.15, -0.1) is 0 Å². The van der Waals surface area contributed by atoms with E-state index in [0.29, 0.717) is 22.5 Å². The standard InChI is InChI=1S/C24H26N2O7/c1-3-32-24(31)18-9-13-19(14-10-18)25-21(28)5-4-6-23(30)33-15-22(29)26-20-11-7-17(8-12-20)16(2)27/h7-14H,3-6,15H2,1-2H3,(H,25,28)(H,26,29). The zero-order valence-corrected chi connectivity index (χ0v) is 18.5. The molecule has 2 amide bonds. The highest BCUT2D eigenvalue weighted by Crippen LogP contribution is 2.12. The minimum Gasteiger partial charge on any atom is -0.462 e. The number of carbonyl (C=O) groups excluding carboxylic acids is 5. The smallest absolute Gasteiger partial charge is 0.338 e. The number of benzene rings is 2. The van der Waals surface area contributed by atoms with E-state index in [1.807, 2.05) is 0 Å². The molecule has 174 valence electrons. The van der Waals surface area contributed by atoms with Gasteiger partial charge < -0.3 is 20.1 Å². The molecule has 0 fully saturated rings. The Balaban J connectivity index is 1.65. The lowest BCUT2D eigenvalue weighted by molar-refractivity contribution is -0.147. The molecule has 33 heavy (non-hydrogen) atoms. The fourth-order valence-corrected chi connectivity index (χ4v) is 2.72. The average molecular weight is 454 g/mol. The lowest BCUT2D eigenvalue weighted by atomic mass is 10.1. The SMILES string of the molecule is CCOC(=O)c1ccc(NC(=O)CCCC(=O)OCC(=O)Nc2ccc(C(C)=O)cc2)cc1. The van der Waals surface area contributed by atoms with Crippen LogP contribution in [0, 0.1) is 0 Å². The Kier molecular flexibility index (Phi) is 9.76. The quantitative estimate of drug-likeness (QED) is 0.394. The van der Waals surface area contributed by atoms with Crippen LogP contribution >= 0.6 is 0 Å². The largest absolute Gasteiger partial charge is 0.462 e. The minimum absolute atomic E-state index is 0.0181. The maximum Gasteiger partial charge on any atom is 0.338 e. The molecule has 2 aromatic rings. The van der Waals surface area contributed by atoms with Crippen LogP contribution in [0.25, 0.3) is 0 Å². The number of anilines is 2. The number of hydrogen-bond donors (Lipinski definition) is 2. The summed E-state index contributed by atoms with van der Waals surface area (Å²) in [6.45, 7) is 2.99. The van der Waals surface area contributed by atoms with Crippen LogP contribution in [0.1, 0.15) is 53.8 Å². The van der Waals surface area contributed by atoms with Crippen LogP contribution < -0.4 is 10.6 Å². The number of carbonyl (C=O) groups is 5. The van der Waals surface area contributed by atoms with Crippen molar-refractivity contribution in [3.8, 4) is 0 Å². The predicted molar refractivity (Wildman–Crippen MR) is 121 cm³/mol. The molecule has 0 radical (unpaired) electrons. The maximum atomic E-state index is 12.0. The second-order valence-electron chi connectivity index (χ2n) is 7.04. The number of Topliss-reactive ketones (excluding diaryl/α,β-unsaturated/α-hetero) is 1. The first kappa shape index (κ1) is 25.3. The van der Waals surface area contributed by atoms with Crippen molar-refractivity contribution >= 4 is 40.9 Å². The number of esters is 2. The van der Waals surface area contributed by atoms with E-state index in [-0.39, 0.29) is 37.6 Å². The molecule has 0 unspecified atom stereocenters. The topological polar surface area (TPSA) is 128 Å². The monoisotopic (exact) mass is 454 g/mol. The molecule has 0 spiro atoms. The summed E-state index contributed by atoms with van der Waals surface area (Å²) < 4.78 is 9.81. The summed E-state index contributed by atoms with van der Waals surface area (Å²) in [4.78, 5) is 58.5. The van der Waals surface area contributed by atoms with Crippen molar-refractivity contribution in [2.24, 2.45) is 0 Å². The minimum atomic E-state index is -0.594. The lowest BCUT2D eigenvalue weighted by Crippen LogP contribution is -2.21. The zero-order chi connectivity index (χ0) is 24.2. The summed E-state index contributed by atoms with van der Waals surface area (Å²) in [6.07, 6.45) is 0.318.